The van der Waals surface area contributed by atoms with E-state index in [0.29, 0.717) is 17.1 Å². The zero-order valence-electron chi connectivity index (χ0n) is 18.6. The van der Waals surface area contributed by atoms with Crippen LogP contribution >= 0.6 is 11.3 Å². The Labute approximate surface area is 200 Å². The number of halogens is 3. The molecular weight excluding hydrogens is 485 g/mol. The van der Waals surface area contributed by atoms with Gasteiger partial charge >= 0.3 is 6.36 Å². The van der Waals surface area contributed by atoms with Crippen molar-refractivity contribution in [1.82, 2.24) is 10.3 Å². The number of aryl methyl sites for hydroxylation is 2. The van der Waals surface area contributed by atoms with Gasteiger partial charge in [0.1, 0.15) is 9.96 Å². The molecule has 2 heterocycles. The fraction of sp³-hybridized carbons (Fsp3) is 0.333. The highest BCUT2D eigenvalue weighted by molar-refractivity contribution is 7.93. The molecule has 1 atom stereocenters. The van der Waals surface area contributed by atoms with Crippen LogP contribution in [-0.4, -0.2) is 26.3 Å². The second-order valence-corrected chi connectivity index (χ2v) is 11.5. The van der Waals surface area contributed by atoms with Crippen molar-refractivity contribution in [1.29, 1.82) is 0 Å². The summed E-state index contributed by atoms with van der Waals surface area (Å²) in [4.78, 5) is 4.10. The summed E-state index contributed by atoms with van der Waals surface area (Å²) in [5, 5.41) is 4.03. The van der Waals surface area contributed by atoms with Crippen LogP contribution in [0.25, 0.3) is 0 Å². The van der Waals surface area contributed by atoms with Crippen molar-refractivity contribution in [3.63, 3.8) is 0 Å². The van der Waals surface area contributed by atoms with Crippen molar-refractivity contribution in [2.24, 2.45) is 0 Å². The number of piperidine rings is 1. The molecule has 181 valence electrons. The van der Waals surface area contributed by atoms with Crippen LogP contribution in [0, 0.1) is 19.8 Å². The molecular formula is C24H24F3N2O3S2. The molecule has 1 aliphatic rings. The number of nitrogens with one attached hydrogen (secondary N) is 1. The molecule has 2 aromatic carbocycles. The van der Waals surface area contributed by atoms with Crippen molar-refractivity contribution >= 4 is 21.2 Å². The van der Waals surface area contributed by atoms with Gasteiger partial charge in [-0.25, -0.2) is 13.4 Å². The third-order valence-electron chi connectivity index (χ3n) is 5.65. The van der Waals surface area contributed by atoms with E-state index < -0.39 is 21.9 Å². The van der Waals surface area contributed by atoms with E-state index in [1.54, 1.807) is 13.8 Å². The monoisotopic (exact) mass is 509 g/mol. The van der Waals surface area contributed by atoms with Gasteiger partial charge in [0.05, 0.1) is 15.6 Å². The largest absolute Gasteiger partial charge is 0.573 e. The molecule has 1 saturated heterocycles. The standard InChI is InChI=1S/C24H24F3N2O3S2/c1-15-23(33-16(2)29-15)34(30,31)20-10-11-21(32-24(25,26)27)19(14-20)13-18-9-6-12-28-22(18)17-7-4-3-5-8-17/h3-5,7-8,10-11,14,22,28H,6,9,12-13H2,1-2H3/t22-/m1/s1. The minimum absolute atomic E-state index is 0.0793. The predicted octanol–water partition coefficient (Wildman–Crippen LogP) is 5.73. The van der Waals surface area contributed by atoms with E-state index >= 15 is 0 Å². The molecule has 0 spiro atoms. The Morgan fingerprint density at radius 1 is 1.15 bits per heavy atom. The van der Waals surface area contributed by atoms with Gasteiger partial charge in [-0.2, -0.15) is 0 Å². The third kappa shape index (κ3) is 5.45. The first-order valence-electron chi connectivity index (χ1n) is 10.8. The second-order valence-electron chi connectivity index (χ2n) is 8.16. The lowest BCUT2D eigenvalue weighted by Gasteiger charge is -2.33. The Balaban J connectivity index is 1.74. The second kappa shape index (κ2) is 9.67. The summed E-state index contributed by atoms with van der Waals surface area (Å²) < 4.78 is 70.3. The van der Waals surface area contributed by atoms with Crippen LogP contribution in [0.1, 0.15) is 40.7 Å². The molecule has 0 amide bonds. The molecule has 10 heteroatoms. The van der Waals surface area contributed by atoms with Gasteiger partial charge in [-0.05, 0) is 69.0 Å². The molecule has 3 aromatic rings. The minimum Gasteiger partial charge on any atom is -0.406 e. The van der Waals surface area contributed by atoms with Gasteiger partial charge in [0.2, 0.25) is 9.84 Å². The number of hydrogen-bond acceptors (Lipinski definition) is 6. The fourth-order valence-corrected chi connectivity index (χ4v) is 7.17. The number of ether oxygens (including phenoxy) is 1. The molecule has 1 radical (unpaired) electrons. The first kappa shape index (κ1) is 24.7. The highest BCUT2D eigenvalue weighted by Gasteiger charge is 2.34. The summed E-state index contributed by atoms with van der Waals surface area (Å²) >= 11 is 1.04. The number of nitrogens with zero attached hydrogens (tertiary/aromatic N) is 1. The zero-order valence-corrected chi connectivity index (χ0v) is 20.3. The highest BCUT2D eigenvalue weighted by Crippen LogP contribution is 2.39. The highest BCUT2D eigenvalue weighted by atomic mass is 32.2. The van der Waals surface area contributed by atoms with Crippen LogP contribution in [-0.2, 0) is 16.3 Å². The van der Waals surface area contributed by atoms with E-state index in [1.807, 2.05) is 30.3 Å². The van der Waals surface area contributed by atoms with Crippen LogP contribution in [0.3, 0.4) is 0 Å². The van der Waals surface area contributed by atoms with Crippen LogP contribution in [0.5, 0.6) is 5.75 Å². The molecule has 0 unspecified atom stereocenters. The summed E-state index contributed by atoms with van der Waals surface area (Å²) in [5.74, 6) is 0.581. The first-order chi connectivity index (χ1) is 16.0. The SMILES string of the molecule is Cc1nc(C)c(S(=O)(=O)c2ccc(OC(F)(F)F)c(C[C]3CCCN[C@@H]3c3ccccc3)c2)s1. The Kier molecular flexibility index (Phi) is 7.02. The predicted molar refractivity (Wildman–Crippen MR) is 124 cm³/mol. The molecule has 0 saturated carbocycles. The molecule has 1 aromatic heterocycles. The Morgan fingerprint density at radius 3 is 2.53 bits per heavy atom. The zero-order chi connectivity index (χ0) is 24.5. The Hall–Kier alpha value is -2.43. The summed E-state index contributed by atoms with van der Waals surface area (Å²) in [7, 11) is -3.94. The van der Waals surface area contributed by atoms with Gasteiger partial charge in [-0.15, -0.1) is 24.5 Å². The summed E-state index contributed by atoms with van der Waals surface area (Å²) in [6.45, 7) is 4.10. The lowest BCUT2D eigenvalue weighted by atomic mass is 9.82. The first-order valence-corrected chi connectivity index (χ1v) is 13.1. The molecule has 1 aliphatic heterocycles. The molecule has 1 fully saturated rings. The molecule has 0 aliphatic carbocycles. The van der Waals surface area contributed by atoms with Crippen molar-refractivity contribution in [2.75, 3.05) is 6.54 Å². The fourth-order valence-electron chi connectivity index (χ4n) is 4.24. The molecule has 34 heavy (non-hydrogen) atoms. The van der Waals surface area contributed by atoms with Gasteiger partial charge in [-0.3, -0.25) is 0 Å². The lowest BCUT2D eigenvalue weighted by Crippen LogP contribution is -2.34. The van der Waals surface area contributed by atoms with Crippen LogP contribution in [0.2, 0.25) is 0 Å². The van der Waals surface area contributed by atoms with E-state index in [9.17, 15) is 21.6 Å². The van der Waals surface area contributed by atoms with E-state index in [-0.39, 0.29) is 27.1 Å². The lowest BCUT2D eigenvalue weighted by molar-refractivity contribution is -0.274. The maximum atomic E-state index is 13.3. The molecule has 4 rings (SSSR count). The number of rotatable bonds is 6. The average Bonchev–Trinajstić information content (AvgIpc) is 3.13. The Bertz CT molecular complexity index is 1260. The minimum atomic E-state index is -4.89. The van der Waals surface area contributed by atoms with Crippen molar-refractivity contribution < 1.29 is 26.3 Å². The normalized spacial score (nSPS) is 17.6. The van der Waals surface area contributed by atoms with E-state index in [1.165, 1.54) is 6.07 Å². The third-order valence-corrected chi connectivity index (χ3v) is 9.09. The van der Waals surface area contributed by atoms with E-state index in [0.717, 1.165) is 47.9 Å². The molecule has 5 nitrogen and oxygen atoms in total. The molecule has 1 N–H and O–H groups in total. The van der Waals surface area contributed by atoms with Crippen molar-refractivity contribution in [2.45, 2.75) is 54.6 Å². The van der Waals surface area contributed by atoms with Crippen LogP contribution in [0.4, 0.5) is 13.2 Å². The number of hydrogen-bond donors (Lipinski definition) is 1. The number of alkyl halides is 3. The summed E-state index contributed by atoms with van der Waals surface area (Å²) in [5.41, 5.74) is 1.56. The topological polar surface area (TPSA) is 68.3 Å². The number of sulfone groups is 1. The van der Waals surface area contributed by atoms with E-state index in [2.05, 4.69) is 15.0 Å². The van der Waals surface area contributed by atoms with Gasteiger partial charge in [0.25, 0.3) is 0 Å². The van der Waals surface area contributed by atoms with Crippen molar-refractivity contribution in [3.8, 4) is 5.75 Å². The quantitative estimate of drug-likeness (QED) is 0.460. The number of thiazole rings is 1. The molecule has 0 bridgehead atoms. The van der Waals surface area contributed by atoms with Crippen LogP contribution in [0.15, 0.2) is 57.6 Å². The summed E-state index contributed by atoms with van der Waals surface area (Å²) in [6.07, 6.45) is -3.19. The van der Waals surface area contributed by atoms with Gasteiger partial charge < -0.3 is 10.1 Å². The number of benzene rings is 2. The van der Waals surface area contributed by atoms with Gasteiger partial charge in [0.15, 0.2) is 0 Å². The maximum absolute atomic E-state index is 13.3. The van der Waals surface area contributed by atoms with Gasteiger partial charge in [-0.1, -0.05) is 30.3 Å². The smallest absolute Gasteiger partial charge is 0.406 e. The number of aromatic nitrogens is 1. The van der Waals surface area contributed by atoms with E-state index in [4.69, 9.17) is 0 Å². The Morgan fingerprint density at radius 2 is 1.88 bits per heavy atom. The van der Waals surface area contributed by atoms with Gasteiger partial charge in [0, 0.05) is 12.0 Å². The maximum Gasteiger partial charge on any atom is 0.573 e. The van der Waals surface area contributed by atoms with Crippen LogP contribution < -0.4 is 10.1 Å². The summed E-state index contributed by atoms with van der Waals surface area (Å²) in [6, 6.07) is 13.1. The average molecular weight is 510 g/mol. The van der Waals surface area contributed by atoms with Crippen molar-refractivity contribution in [3.05, 3.63) is 76.3 Å².